The molecule has 1 unspecified atom stereocenters. The van der Waals surface area contributed by atoms with Gasteiger partial charge in [0.25, 0.3) is 0 Å². The summed E-state index contributed by atoms with van der Waals surface area (Å²) in [5.41, 5.74) is 6.15. The van der Waals surface area contributed by atoms with Crippen LogP contribution in [0, 0.1) is 5.92 Å². The number of thiophene rings is 1. The molecule has 2 heterocycles. The summed E-state index contributed by atoms with van der Waals surface area (Å²) >= 11 is 1.78. The number of hydrogen-bond acceptors (Lipinski definition) is 3. The Bertz CT molecular complexity index is 293. The fourth-order valence-electron chi connectivity index (χ4n) is 2.48. The minimum Gasteiger partial charge on any atom is -0.381 e. The maximum absolute atomic E-state index is 6.15. The number of rotatable bonds is 6. The van der Waals surface area contributed by atoms with Crippen molar-refractivity contribution >= 4 is 11.3 Å². The zero-order valence-electron chi connectivity index (χ0n) is 10.4. The number of ether oxygens (including phenoxy) is 1. The van der Waals surface area contributed by atoms with Gasteiger partial charge in [-0.05, 0) is 36.6 Å². The van der Waals surface area contributed by atoms with E-state index >= 15 is 0 Å². The maximum Gasteiger partial charge on any atom is 0.0468 e. The van der Waals surface area contributed by atoms with Gasteiger partial charge in [-0.1, -0.05) is 25.3 Å². The Morgan fingerprint density at radius 3 is 2.88 bits per heavy atom. The van der Waals surface area contributed by atoms with E-state index in [2.05, 4.69) is 17.5 Å². The zero-order valence-corrected chi connectivity index (χ0v) is 11.3. The number of hydrogen-bond donors (Lipinski definition) is 1. The van der Waals surface area contributed by atoms with Crippen molar-refractivity contribution in [1.29, 1.82) is 0 Å². The van der Waals surface area contributed by atoms with Crippen molar-refractivity contribution in [2.45, 2.75) is 44.6 Å². The Morgan fingerprint density at radius 2 is 2.18 bits per heavy atom. The molecule has 1 fully saturated rings. The van der Waals surface area contributed by atoms with E-state index in [-0.39, 0.29) is 6.04 Å². The first-order chi connectivity index (χ1) is 8.36. The van der Waals surface area contributed by atoms with Gasteiger partial charge in [-0.25, -0.2) is 0 Å². The highest BCUT2D eigenvalue weighted by Crippen LogP contribution is 2.24. The summed E-state index contributed by atoms with van der Waals surface area (Å²) < 4.78 is 5.37. The van der Waals surface area contributed by atoms with Crippen LogP contribution in [0.15, 0.2) is 17.5 Å². The van der Waals surface area contributed by atoms with Crippen LogP contribution in [-0.2, 0) is 4.74 Å². The standard InChI is InChI=1S/C14H23NOS/c15-13(14-6-3-11-17-14)5-2-1-4-12-7-9-16-10-8-12/h3,6,11-13H,1-2,4-5,7-10,15H2. The molecule has 3 heteroatoms. The molecule has 2 rings (SSSR count). The summed E-state index contributed by atoms with van der Waals surface area (Å²) in [5.74, 6) is 0.904. The summed E-state index contributed by atoms with van der Waals surface area (Å²) in [4.78, 5) is 1.33. The first-order valence-electron chi connectivity index (χ1n) is 6.73. The smallest absolute Gasteiger partial charge is 0.0468 e. The lowest BCUT2D eigenvalue weighted by atomic mass is 9.93. The van der Waals surface area contributed by atoms with Gasteiger partial charge in [0, 0.05) is 24.1 Å². The second kappa shape index (κ2) is 7.14. The average molecular weight is 253 g/mol. The fraction of sp³-hybridized carbons (Fsp3) is 0.714. The van der Waals surface area contributed by atoms with E-state index in [0.29, 0.717) is 0 Å². The Hall–Kier alpha value is -0.380. The molecule has 2 nitrogen and oxygen atoms in total. The molecule has 0 spiro atoms. The van der Waals surface area contributed by atoms with Gasteiger partial charge in [0.05, 0.1) is 0 Å². The molecule has 0 saturated carbocycles. The number of unbranched alkanes of at least 4 members (excludes halogenated alkanes) is 1. The molecule has 1 aromatic rings. The predicted octanol–water partition coefficient (Wildman–Crippen LogP) is 3.73. The predicted molar refractivity (Wildman–Crippen MR) is 73.3 cm³/mol. The van der Waals surface area contributed by atoms with Crippen LogP contribution in [0.2, 0.25) is 0 Å². The number of nitrogens with two attached hydrogens (primary N) is 1. The molecule has 1 aliphatic rings. The van der Waals surface area contributed by atoms with Gasteiger partial charge < -0.3 is 10.5 Å². The van der Waals surface area contributed by atoms with Crippen molar-refractivity contribution in [2.75, 3.05) is 13.2 Å². The molecule has 0 aliphatic carbocycles. The van der Waals surface area contributed by atoms with E-state index in [1.165, 1.54) is 37.0 Å². The van der Waals surface area contributed by atoms with Crippen LogP contribution in [0.4, 0.5) is 0 Å². The summed E-state index contributed by atoms with van der Waals surface area (Å²) in [5, 5.41) is 2.11. The summed E-state index contributed by atoms with van der Waals surface area (Å²) in [6.07, 6.45) is 7.60. The highest BCUT2D eigenvalue weighted by Gasteiger charge is 2.13. The largest absolute Gasteiger partial charge is 0.381 e. The van der Waals surface area contributed by atoms with Crippen molar-refractivity contribution in [2.24, 2.45) is 11.7 Å². The van der Waals surface area contributed by atoms with Crippen molar-refractivity contribution in [3.05, 3.63) is 22.4 Å². The van der Waals surface area contributed by atoms with Crippen molar-refractivity contribution < 1.29 is 4.74 Å². The van der Waals surface area contributed by atoms with Gasteiger partial charge in [-0.15, -0.1) is 11.3 Å². The Balaban J connectivity index is 1.56. The highest BCUT2D eigenvalue weighted by molar-refractivity contribution is 7.10. The maximum atomic E-state index is 6.15. The zero-order chi connectivity index (χ0) is 11.9. The average Bonchev–Trinajstić information content (AvgIpc) is 2.89. The highest BCUT2D eigenvalue weighted by atomic mass is 32.1. The quantitative estimate of drug-likeness (QED) is 0.784. The SMILES string of the molecule is NC(CCCCC1CCOCC1)c1cccs1. The fourth-order valence-corrected chi connectivity index (χ4v) is 3.24. The topological polar surface area (TPSA) is 35.2 Å². The molecular weight excluding hydrogens is 230 g/mol. The second-order valence-corrected chi connectivity index (χ2v) is 5.94. The molecule has 17 heavy (non-hydrogen) atoms. The van der Waals surface area contributed by atoms with E-state index in [4.69, 9.17) is 10.5 Å². The molecule has 1 atom stereocenters. The van der Waals surface area contributed by atoms with Gasteiger partial charge in [0.2, 0.25) is 0 Å². The molecule has 96 valence electrons. The van der Waals surface area contributed by atoms with E-state index in [9.17, 15) is 0 Å². The van der Waals surface area contributed by atoms with E-state index in [0.717, 1.165) is 25.6 Å². The van der Waals surface area contributed by atoms with E-state index in [1.807, 2.05) is 0 Å². The van der Waals surface area contributed by atoms with Gasteiger partial charge in [-0.3, -0.25) is 0 Å². The molecular formula is C14H23NOS. The molecule has 2 N–H and O–H groups in total. The van der Waals surface area contributed by atoms with Crippen LogP contribution in [0.3, 0.4) is 0 Å². The van der Waals surface area contributed by atoms with Crippen molar-refractivity contribution in [1.82, 2.24) is 0 Å². The van der Waals surface area contributed by atoms with Crippen LogP contribution in [0.5, 0.6) is 0 Å². The summed E-state index contributed by atoms with van der Waals surface area (Å²) in [6, 6.07) is 4.49. The second-order valence-electron chi connectivity index (χ2n) is 4.96. The third kappa shape index (κ3) is 4.41. The van der Waals surface area contributed by atoms with Crippen LogP contribution in [-0.4, -0.2) is 13.2 Å². The molecule has 1 aliphatic heterocycles. The first kappa shape index (κ1) is 13.1. The molecule has 0 radical (unpaired) electrons. The molecule has 0 amide bonds. The van der Waals surface area contributed by atoms with Gasteiger partial charge in [0.15, 0.2) is 0 Å². The normalized spacial score (nSPS) is 19.4. The van der Waals surface area contributed by atoms with E-state index < -0.39 is 0 Å². The lowest BCUT2D eigenvalue weighted by molar-refractivity contribution is 0.0631. The Morgan fingerprint density at radius 1 is 1.35 bits per heavy atom. The molecule has 1 saturated heterocycles. The summed E-state index contributed by atoms with van der Waals surface area (Å²) in [7, 11) is 0. The van der Waals surface area contributed by atoms with Crippen LogP contribution >= 0.6 is 11.3 Å². The monoisotopic (exact) mass is 253 g/mol. The van der Waals surface area contributed by atoms with E-state index in [1.54, 1.807) is 11.3 Å². The Kier molecular flexibility index (Phi) is 5.49. The van der Waals surface area contributed by atoms with Crippen molar-refractivity contribution in [3.63, 3.8) is 0 Å². The van der Waals surface area contributed by atoms with Crippen LogP contribution in [0.1, 0.15) is 49.4 Å². The van der Waals surface area contributed by atoms with Gasteiger partial charge in [-0.2, -0.15) is 0 Å². The molecule has 0 bridgehead atoms. The first-order valence-corrected chi connectivity index (χ1v) is 7.61. The Labute approximate surface area is 108 Å². The third-order valence-electron chi connectivity index (χ3n) is 3.63. The van der Waals surface area contributed by atoms with Crippen LogP contribution < -0.4 is 5.73 Å². The minimum absolute atomic E-state index is 0.254. The summed E-state index contributed by atoms with van der Waals surface area (Å²) in [6.45, 7) is 1.94. The molecule has 1 aromatic heterocycles. The minimum atomic E-state index is 0.254. The van der Waals surface area contributed by atoms with Crippen LogP contribution in [0.25, 0.3) is 0 Å². The van der Waals surface area contributed by atoms with Gasteiger partial charge >= 0.3 is 0 Å². The van der Waals surface area contributed by atoms with Gasteiger partial charge in [0.1, 0.15) is 0 Å². The van der Waals surface area contributed by atoms with Crippen molar-refractivity contribution in [3.8, 4) is 0 Å². The molecule has 0 aromatic carbocycles. The lowest BCUT2D eigenvalue weighted by Gasteiger charge is -2.21. The lowest BCUT2D eigenvalue weighted by Crippen LogP contribution is -2.15. The third-order valence-corrected chi connectivity index (χ3v) is 4.63.